The fraction of sp³-hybridized carbons (Fsp3) is 0.600. The van der Waals surface area contributed by atoms with Gasteiger partial charge in [0.15, 0.2) is 0 Å². The van der Waals surface area contributed by atoms with Crippen molar-refractivity contribution >= 4 is 60.9 Å². The molecule has 3 unspecified atom stereocenters. The molecule has 3 atom stereocenters. The fourth-order valence-corrected chi connectivity index (χ4v) is 2.09. The standard InChI is InChI=1S/C10H17N3O6S.C5H9NO3S/c11-5(10(18)19)1-2-7(14)13-6(4-20)9(17)12-3-8(15)16;1-3(7)6-4(2-10)5(8)9/h5-6,20H,1-4,11H2,(H,12,17)(H,13,14)(H,15,16)(H,18,19);4,10H,2H2,1H3,(H,6,7)(H,8,9). The van der Waals surface area contributed by atoms with Crippen molar-refractivity contribution in [1.29, 1.82) is 0 Å². The van der Waals surface area contributed by atoms with E-state index in [2.05, 4.69) is 41.2 Å². The first kappa shape index (κ1) is 29.7. The lowest BCUT2D eigenvalue weighted by Gasteiger charge is -2.16. The van der Waals surface area contributed by atoms with Crippen LogP contribution in [-0.2, 0) is 28.8 Å². The molecule has 0 fully saturated rings. The molecule has 30 heavy (non-hydrogen) atoms. The van der Waals surface area contributed by atoms with Gasteiger partial charge in [0, 0.05) is 24.9 Å². The molecule has 0 aromatic rings. The van der Waals surface area contributed by atoms with Gasteiger partial charge in [-0.3, -0.25) is 24.0 Å². The molecule has 0 aliphatic heterocycles. The van der Waals surface area contributed by atoms with Crippen LogP contribution in [0.4, 0.5) is 0 Å². The van der Waals surface area contributed by atoms with Gasteiger partial charge >= 0.3 is 17.9 Å². The van der Waals surface area contributed by atoms with E-state index in [1.54, 1.807) is 0 Å². The summed E-state index contributed by atoms with van der Waals surface area (Å²) in [5.74, 6) is -5.02. The highest BCUT2D eigenvalue weighted by Crippen LogP contribution is 1.97. The summed E-state index contributed by atoms with van der Waals surface area (Å²) < 4.78 is 0. The smallest absolute Gasteiger partial charge is 0.327 e. The number of carbonyl (C=O) groups excluding carboxylic acids is 3. The Bertz CT molecular complexity index is 633. The Morgan fingerprint density at radius 3 is 1.77 bits per heavy atom. The van der Waals surface area contributed by atoms with Gasteiger partial charge in [0.2, 0.25) is 17.7 Å². The Hall–Kier alpha value is -2.52. The lowest BCUT2D eigenvalue weighted by atomic mass is 10.1. The van der Waals surface area contributed by atoms with Gasteiger partial charge in [-0.2, -0.15) is 25.3 Å². The summed E-state index contributed by atoms with van der Waals surface area (Å²) in [4.78, 5) is 64.3. The van der Waals surface area contributed by atoms with Crippen LogP contribution in [0.3, 0.4) is 0 Å². The number of carboxylic acids is 3. The van der Waals surface area contributed by atoms with Crippen LogP contribution in [-0.4, -0.2) is 87.1 Å². The first-order chi connectivity index (χ1) is 13.8. The number of nitrogens with two attached hydrogens (primary N) is 1. The van der Waals surface area contributed by atoms with Crippen LogP contribution in [0.5, 0.6) is 0 Å². The third-order valence-corrected chi connectivity index (χ3v) is 3.84. The normalized spacial score (nSPS) is 12.8. The van der Waals surface area contributed by atoms with E-state index in [0.717, 1.165) is 0 Å². The summed E-state index contributed by atoms with van der Waals surface area (Å²) in [5.41, 5.74) is 5.23. The third-order valence-electron chi connectivity index (χ3n) is 3.11. The number of carbonyl (C=O) groups is 6. The van der Waals surface area contributed by atoms with Crippen LogP contribution in [0.2, 0.25) is 0 Å². The first-order valence-corrected chi connectivity index (χ1v) is 9.61. The predicted octanol–water partition coefficient (Wildman–Crippen LogP) is -2.70. The van der Waals surface area contributed by atoms with Crippen LogP contribution in [0, 0.1) is 0 Å². The molecule has 0 aliphatic rings. The molecule has 0 spiro atoms. The summed E-state index contributed by atoms with van der Waals surface area (Å²) in [6, 6.07) is -3.02. The number of aliphatic carboxylic acids is 3. The molecule has 15 heteroatoms. The van der Waals surface area contributed by atoms with E-state index in [9.17, 15) is 28.8 Å². The second kappa shape index (κ2) is 16.3. The zero-order valence-electron chi connectivity index (χ0n) is 16.0. The van der Waals surface area contributed by atoms with E-state index in [4.69, 9.17) is 21.1 Å². The molecule has 0 aromatic carbocycles. The second-order valence-electron chi connectivity index (χ2n) is 5.67. The van der Waals surface area contributed by atoms with E-state index in [1.807, 2.05) is 0 Å². The molecule has 3 amide bonds. The minimum Gasteiger partial charge on any atom is -0.480 e. The number of amides is 3. The average Bonchev–Trinajstić information content (AvgIpc) is 2.66. The molecule has 0 aromatic heterocycles. The van der Waals surface area contributed by atoms with E-state index in [-0.39, 0.29) is 30.3 Å². The molecule has 0 bridgehead atoms. The van der Waals surface area contributed by atoms with E-state index < -0.39 is 54.4 Å². The largest absolute Gasteiger partial charge is 0.480 e. The summed E-state index contributed by atoms with van der Waals surface area (Å²) in [7, 11) is 0. The van der Waals surface area contributed by atoms with Crippen LogP contribution in [0.1, 0.15) is 19.8 Å². The lowest BCUT2D eigenvalue weighted by molar-refractivity contribution is -0.141. The van der Waals surface area contributed by atoms with Gasteiger partial charge in [0.05, 0.1) is 0 Å². The highest BCUT2D eigenvalue weighted by Gasteiger charge is 2.21. The minimum atomic E-state index is -1.22. The zero-order valence-corrected chi connectivity index (χ0v) is 17.8. The molecule has 0 heterocycles. The zero-order chi connectivity index (χ0) is 23.9. The van der Waals surface area contributed by atoms with Crippen LogP contribution in [0.15, 0.2) is 0 Å². The molecule has 0 saturated carbocycles. The molecule has 172 valence electrons. The quantitative estimate of drug-likeness (QED) is 0.134. The third kappa shape index (κ3) is 15.4. The SMILES string of the molecule is CC(=O)NC(CS)C(=O)O.NC(CCC(=O)NC(CS)C(=O)NCC(=O)O)C(=O)O. The van der Waals surface area contributed by atoms with Crippen molar-refractivity contribution in [2.45, 2.75) is 37.9 Å². The minimum absolute atomic E-state index is 0.0256. The number of carboxylic acid groups (broad SMARTS) is 3. The molecular formula is C15H26N4O9S2. The molecule has 0 aliphatic carbocycles. The maximum Gasteiger partial charge on any atom is 0.327 e. The predicted molar refractivity (Wildman–Crippen MR) is 110 cm³/mol. The molecule has 8 N–H and O–H groups in total. The first-order valence-electron chi connectivity index (χ1n) is 8.34. The van der Waals surface area contributed by atoms with Crippen molar-refractivity contribution in [1.82, 2.24) is 16.0 Å². The molecule has 0 rings (SSSR count). The van der Waals surface area contributed by atoms with E-state index >= 15 is 0 Å². The number of rotatable bonds is 12. The Morgan fingerprint density at radius 2 is 1.43 bits per heavy atom. The van der Waals surface area contributed by atoms with Gasteiger partial charge < -0.3 is 37.0 Å². The lowest BCUT2D eigenvalue weighted by Crippen LogP contribution is -2.49. The average molecular weight is 471 g/mol. The van der Waals surface area contributed by atoms with Crippen molar-refractivity contribution in [2.75, 3.05) is 18.1 Å². The Kier molecular flexibility index (Phi) is 16.1. The maximum absolute atomic E-state index is 11.5. The van der Waals surface area contributed by atoms with Crippen molar-refractivity contribution < 1.29 is 44.1 Å². The molecule has 13 nitrogen and oxygen atoms in total. The fourth-order valence-electron chi connectivity index (χ4n) is 1.59. The Labute approximate surface area is 183 Å². The van der Waals surface area contributed by atoms with E-state index in [1.165, 1.54) is 6.92 Å². The Balaban J connectivity index is 0. The number of nitrogens with one attached hydrogen (secondary N) is 3. The van der Waals surface area contributed by atoms with Crippen LogP contribution in [0.25, 0.3) is 0 Å². The summed E-state index contributed by atoms with van der Waals surface area (Å²) in [6.45, 7) is 0.697. The van der Waals surface area contributed by atoms with Crippen molar-refractivity contribution in [3.63, 3.8) is 0 Å². The number of hydrogen-bond donors (Lipinski definition) is 9. The van der Waals surface area contributed by atoms with Crippen molar-refractivity contribution in [3.05, 3.63) is 0 Å². The van der Waals surface area contributed by atoms with Gasteiger partial charge in [-0.05, 0) is 6.42 Å². The van der Waals surface area contributed by atoms with Gasteiger partial charge in [-0.1, -0.05) is 0 Å². The Morgan fingerprint density at radius 1 is 0.900 bits per heavy atom. The summed E-state index contributed by atoms with van der Waals surface area (Å²) in [5, 5.41) is 31.9. The van der Waals surface area contributed by atoms with Crippen molar-refractivity contribution in [3.8, 4) is 0 Å². The van der Waals surface area contributed by atoms with Crippen molar-refractivity contribution in [2.24, 2.45) is 5.73 Å². The van der Waals surface area contributed by atoms with Gasteiger partial charge in [-0.15, -0.1) is 0 Å². The second-order valence-corrected chi connectivity index (χ2v) is 6.40. The number of hydrogen-bond acceptors (Lipinski definition) is 9. The molecule has 0 radical (unpaired) electrons. The molecular weight excluding hydrogens is 444 g/mol. The van der Waals surface area contributed by atoms with Crippen LogP contribution >= 0.6 is 25.3 Å². The topological polar surface area (TPSA) is 225 Å². The van der Waals surface area contributed by atoms with Crippen LogP contribution < -0.4 is 21.7 Å². The van der Waals surface area contributed by atoms with E-state index in [0.29, 0.717) is 0 Å². The summed E-state index contributed by atoms with van der Waals surface area (Å²) in [6.07, 6.45) is -0.235. The monoisotopic (exact) mass is 470 g/mol. The van der Waals surface area contributed by atoms with Gasteiger partial charge in [0.1, 0.15) is 24.7 Å². The highest BCUT2D eigenvalue weighted by molar-refractivity contribution is 7.80. The maximum atomic E-state index is 11.5. The molecule has 0 saturated heterocycles. The summed E-state index contributed by atoms with van der Waals surface area (Å²) >= 11 is 7.61. The van der Waals surface area contributed by atoms with Gasteiger partial charge in [0.25, 0.3) is 0 Å². The van der Waals surface area contributed by atoms with Gasteiger partial charge in [-0.25, -0.2) is 4.79 Å². The number of thiol groups is 2. The highest BCUT2D eigenvalue weighted by atomic mass is 32.1.